The number of hydrogen-bond acceptors (Lipinski definition) is 4. The summed E-state index contributed by atoms with van der Waals surface area (Å²) in [7, 11) is 0. The number of carbonyl (C=O) groups excluding carboxylic acids is 2. The van der Waals surface area contributed by atoms with Crippen molar-refractivity contribution in [3.05, 3.63) is 34.9 Å². The number of fused-ring (bicyclic) bond motifs is 5. The number of aliphatic carboxylic acids is 2. The number of allylic oxidation sites excluding steroid dienone is 5. The molecule has 5 fully saturated rings. The molecule has 9 aliphatic rings. The van der Waals surface area contributed by atoms with Gasteiger partial charge in [-0.3, -0.25) is 19.2 Å². The van der Waals surface area contributed by atoms with Crippen LogP contribution in [-0.2, 0) is 19.2 Å². The molecule has 5 saturated carbocycles. The fraction of sp³-hybridized carbons (Fsp3) is 0.796. The van der Waals surface area contributed by atoms with Crippen LogP contribution >= 0.6 is 0 Å². The van der Waals surface area contributed by atoms with Crippen molar-refractivity contribution in [1.29, 1.82) is 0 Å². The molecule has 0 aliphatic heterocycles. The van der Waals surface area contributed by atoms with Crippen molar-refractivity contribution in [2.45, 2.75) is 165 Å². The Bertz CT molecular complexity index is 1800. The predicted molar refractivity (Wildman–Crippen MR) is 215 cm³/mol. The molecule has 9 aliphatic carbocycles. The number of carboxylic acids is 2. The summed E-state index contributed by atoms with van der Waals surface area (Å²) in [4.78, 5) is 54.9. The van der Waals surface area contributed by atoms with E-state index >= 15 is 0 Å². The van der Waals surface area contributed by atoms with Gasteiger partial charge in [0.05, 0.1) is 10.8 Å². The molecule has 6 nitrogen and oxygen atoms in total. The molecule has 0 aromatic heterocycles. The van der Waals surface area contributed by atoms with Crippen LogP contribution in [-0.4, -0.2) is 33.7 Å². The first-order chi connectivity index (χ1) is 25.7. The van der Waals surface area contributed by atoms with E-state index in [1.165, 1.54) is 11.1 Å². The maximum absolute atomic E-state index is 14.9. The molecule has 0 amide bonds. The Balaban J connectivity index is 1.11. The second-order valence-corrected chi connectivity index (χ2v) is 22.3. The van der Waals surface area contributed by atoms with E-state index in [1.807, 2.05) is 6.92 Å². The van der Waals surface area contributed by atoms with E-state index in [-0.39, 0.29) is 57.5 Å². The predicted octanol–water partition coefficient (Wildman–Crippen LogP) is 11.2. The molecule has 0 aromatic carbocycles. The zero-order chi connectivity index (χ0) is 39.9. The first kappa shape index (κ1) is 39.3. The van der Waals surface area contributed by atoms with Crippen molar-refractivity contribution < 1.29 is 29.4 Å². The van der Waals surface area contributed by atoms with E-state index in [0.29, 0.717) is 62.1 Å². The van der Waals surface area contributed by atoms with Gasteiger partial charge in [-0.2, -0.15) is 0 Å². The largest absolute Gasteiger partial charge is 0.481 e. The summed E-state index contributed by atoms with van der Waals surface area (Å²) in [6.07, 6.45) is 15.7. The molecule has 12 atom stereocenters. The summed E-state index contributed by atoms with van der Waals surface area (Å²) in [5.41, 5.74) is 2.36. The van der Waals surface area contributed by atoms with E-state index < -0.39 is 28.2 Å². The van der Waals surface area contributed by atoms with Gasteiger partial charge in [0.25, 0.3) is 0 Å². The van der Waals surface area contributed by atoms with Crippen molar-refractivity contribution >= 4 is 23.5 Å². The third-order valence-electron chi connectivity index (χ3n) is 20.0. The average molecular weight is 755 g/mol. The van der Waals surface area contributed by atoms with Crippen LogP contribution < -0.4 is 0 Å². The molecular formula is C49H70O6. The van der Waals surface area contributed by atoms with E-state index in [0.717, 1.165) is 64.2 Å². The summed E-state index contributed by atoms with van der Waals surface area (Å²) in [6.45, 7) is 22.5. The van der Waals surface area contributed by atoms with Gasteiger partial charge in [-0.25, -0.2) is 0 Å². The van der Waals surface area contributed by atoms with E-state index in [4.69, 9.17) is 6.58 Å². The van der Waals surface area contributed by atoms with Gasteiger partial charge in [0.2, 0.25) is 0 Å². The molecule has 2 spiro atoms. The maximum atomic E-state index is 14.9. The summed E-state index contributed by atoms with van der Waals surface area (Å²) < 4.78 is 0. The fourth-order valence-corrected chi connectivity index (χ4v) is 17.0. The molecular weight excluding hydrogens is 685 g/mol. The molecule has 0 heterocycles. The molecule has 2 N–H and O–H groups in total. The van der Waals surface area contributed by atoms with Gasteiger partial charge in [-0.15, -0.1) is 0 Å². The Labute approximate surface area is 330 Å². The lowest BCUT2D eigenvalue weighted by molar-refractivity contribution is -0.216. The van der Waals surface area contributed by atoms with Crippen molar-refractivity contribution in [2.24, 2.45) is 79.3 Å². The number of ketones is 2. The van der Waals surface area contributed by atoms with Gasteiger partial charge in [0.15, 0.2) is 0 Å². The number of carbonyl (C=O) groups is 4. The quantitative estimate of drug-likeness (QED) is 0.239. The van der Waals surface area contributed by atoms with Gasteiger partial charge in [0, 0.05) is 35.5 Å². The summed E-state index contributed by atoms with van der Waals surface area (Å²) in [5.74, 6) is 0.323. The van der Waals surface area contributed by atoms with Crippen LogP contribution in [0.5, 0.6) is 0 Å². The third-order valence-corrected chi connectivity index (χ3v) is 20.0. The van der Waals surface area contributed by atoms with Gasteiger partial charge in [-0.1, -0.05) is 89.8 Å². The lowest BCUT2D eigenvalue weighted by Crippen LogP contribution is -2.67. The van der Waals surface area contributed by atoms with Crippen LogP contribution in [0.4, 0.5) is 0 Å². The normalized spacial score (nSPS) is 46.2. The van der Waals surface area contributed by atoms with Crippen molar-refractivity contribution in [3.63, 3.8) is 0 Å². The lowest BCUT2D eigenvalue weighted by atomic mass is 9.32. The van der Waals surface area contributed by atoms with E-state index in [1.54, 1.807) is 11.1 Å². The smallest absolute Gasteiger partial charge is 0.311 e. The molecule has 0 aromatic rings. The average Bonchev–Trinajstić information content (AvgIpc) is 3.64. The number of rotatable bonds is 8. The second-order valence-electron chi connectivity index (χ2n) is 22.3. The highest BCUT2D eigenvalue weighted by molar-refractivity contribution is 5.88. The summed E-state index contributed by atoms with van der Waals surface area (Å²) in [6, 6.07) is 0. The number of carboxylic acid groups (broad SMARTS) is 2. The van der Waals surface area contributed by atoms with Crippen molar-refractivity contribution in [1.82, 2.24) is 0 Å². The summed E-state index contributed by atoms with van der Waals surface area (Å²) >= 11 is 0. The first-order valence-electron chi connectivity index (χ1n) is 22.3. The Morgan fingerprint density at radius 1 is 0.855 bits per heavy atom. The van der Waals surface area contributed by atoms with Gasteiger partial charge in [0.1, 0.15) is 11.6 Å². The van der Waals surface area contributed by atoms with Gasteiger partial charge < -0.3 is 10.2 Å². The Hall–Kier alpha value is -2.50. The van der Waals surface area contributed by atoms with E-state index in [2.05, 4.69) is 54.5 Å². The Morgan fingerprint density at radius 2 is 1.58 bits per heavy atom. The summed E-state index contributed by atoms with van der Waals surface area (Å²) in [5, 5.41) is 22.1. The van der Waals surface area contributed by atoms with Crippen molar-refractivity contribution in [2.75, 3.05) is 0 Å². The van der Waals surface area contributed by atoms with Gasteiger partial charge in [-0.05, 0) is 143 Å². The molecule has 0 saturated heterocycles. The van der Waals surface area contributed by atoms with Crippen LogP contribution in [0.1, 0.15) is 165 Å². The number of Topliss-reactive ketones (excluding diaryl/α,β-unsaturated/α-hetero) is 2. The zero-order valence-corrected chi connectivity index (χ0v) is 35.4. The molecule has 9 rings (SSSR count). The molecule has 0 radical (unpaired) electrons. The highest BCUT2D eigenvalue weighted by Gasteiger charge is 2.73. The maximum Gasteiger partial charge on any atom is 0.311 e. The van der Waals surface area contributed by atoms with E-state index in [9.17, 15) is 29.4 Å². The SMILES string of the molecule is C=C1CC[C@@](C)([C@H](C)CC(=O)C[C@]2(C(=O)O)C[C@H]3C[C@@H]4[C@@]5(C)CCC[C@@](C)(C(=O)O)[C@@H]5CC[C@]42C=C3C(C)C)[C@@]12CCC1=C2CC[C@@H]2[C@@H]1CCC(=O)C2(C)C. The van der Waals surface area contributed by atoms with Crippen LogP contribution in [0, 0.1) is 79.3 Å². The molecule has 0 unspecified atom stereocenters. The van der Waals surface area contributed by atoms with Crippen LogP contribution in [0.3, 0.4) is 0 Å². The Morgan fingerprint density at radius 3 is 2.25 bits per heavy atom. The molecule has 55 heavy (non-hydrogen) atoms. The van der Waals surface area contributed by atoms with Gasteiger partial charge >= 0.3 is 11.9 Å². The zero-order valence-electron chi connectivity index (χ0n) is 35.4. The topological polar surface area (TPSA) is 109 Å². The highest BCUT2D eigenvalue weighted by Crippen LogP contribution is 2.77. The lowest BCUT2D eigenvalue weighted by Gasteiger charge is -2.70. The second kappa shape index (κ2) is 12.5. The minimum atomic E-state index is -1.19. The minimum absolute atomic E-state index is 0.00760. The minimum Gasteiger partial charge on any atom is -0.481 e. The third kappa shape index (κ3) is 4.90. The molecule has 2 bridgehead atoms. The molecule has 302 valence electrons. The van der Waals surface area contributed by atoms with Crippen LogP contribution in [0.15, 0.2) is 34.9 Å². The monoisotopic (exact) mass is 755 g/mol. The molecule has 6 heteroatoms. The fourth-order valence-electron chi connectivity index (χ4n) is 17.0. The highest BCUT2D eigenvalue weighted by atomic mass is 16.4. The Kier molecular flexibility index (Phi) is 8.94. The van der Waals surface area contributed by atoms with Crippen molar-refractivity contribution in [3.8, 4) is 0 Å². The van der Waals surface area contributed by atoms with Crippen LogP contribution in [0.2, 0.25) is 0 Å². The number of hydrogen-bond donors (Lipinski definition) is 2. The van der Waals surface area contributed by atoms with Crippen LogP contribution in [0.25, 0.3) is 0 Å². The standard InChI is InChI=1S/C49H70O6/c1-28(2)35-27-47-21-17-38-44(7,18-10-19-45(38,8)41(52)53)39(47)24-31(35)25-48(47,42(54)55)26-32(50)23-30(4)46(9)20-15-29(3)49(46)22-16-34-33-11-14-40(51)43(5,6)36(33)12-13-37(34)49/h27-28,30-31,33,36,38-39H,3,10-26H2,1-2,4-9H3,(H,52,53)(H,54,55)/t30-,31-,33-,36-,38-,39-,44+,45-,46+,47+,48+,49+/m1/s1. The first-order valence-corrected chi connectivity index (χ1v) is 22.3.